The molecule has 0 atom stereocenters. The number of nitrogens with one attached hydrogen (secondary N) is 1. The van der Waals surface area contributed by atoms with E-state index in [1.807, 2.05) is 6.92 Å². The van der Waals surface area contributed by atoms with E-state index < -0.39 is 0 Å². The highest BCUT2D eigenvalue weighted by atomic mass is 16.5. The van der Waals surface area contributed by atoms with Crippen molar-refractivity contribution < 1.29 is 4.74 Å². The first-order valence-electron chi connectivity index (χ1n) is 8.82. The number of guanidine groups is 1. The summed E-state index contributed by atoms with van der Waals surface area (Å²) in [6.07, 6.45) is 3.29. The molecule has 1 rings (SSSR count). The van der Waals surface area contributed by atoms with Crippen LogP contribution in [0.3, 0.4) is 0 Å². The molecule has 1 heterocycles. The van der Waals surface area contributed by atoms with E-state index in [1.165, 1.54) is 45.7 Å². The molecule has 0 bridgehead atoms. The zero-order chi connectivity index (χ0) is 16.0. The largest absolute Gasteiger partial charge is 0.382 e. The van der Waals surface area contributed by atoms with E-state index in [-0.39, 0.29) is 0 Å². The molecule has 0 saturated carbocycles. The zero-order valence-electron chi connectivity index (χ0n) is 14.5. The molecule has 1 aliphatic heterocycles. The smallest absolute Gasteiger partial charge is 0.188 e. The fraction of sp³-hybridized carbons (Fsp3) is 0.938. The molecule has 0 unspecified atom stereocenters. The van der Waals surface area contributed by atoms with Gasteiger partial charge in [0.05, 0.1) is 0 Å². The standard InChI is InChI=1S/C16H35N5O/c1-3-20-11-13-21(14-12-20)10-6-5-8-18-16(17)19-9-7-15-22-4-2/h3-15H2,1-2H3,(H3,17,18,19). The summed E-state index contributed by atoms with van der Waals surface area (Å²) in [5, 5.41) is 3.19. The molecule has 6 heteroatoms. The van der Waals surface area contributed by atoms with Gasteiger partial charge in [-0.2, -0.15) is 0 Å². The number of aliphatic imine (C=N–C) groups is 1. The van der Waals surface area contributed by atoms with Gasteiger partial charge < -0.3 is 25.6 Å². The van der Waals surface area contributed by atoms with E-state index in [4.69, 9.17) is 10.5 Å². The highest BCUT2D eigenvalue weighted by Gasteiger charge is 2.14. The number of likely N-dealkylation sites (N-methyl/N-ethyl adjacent to an activating group) is 1. The first-order valence-corrected chi connectivity index (χ1v) is 8.82. The lowest BCUT2D eigenvalue weighted by Crippen LogP contribution is -2.46. The lowest BCUT2D eigenvalue weighted by atomic mass is 10.2. The summed E-state index contributed by atoms with van der Waals surface area (Å²) in [5.41, 5.74) is 5.83. The second-order valence-electron chi connectivity index (χ2n) is 5.73. The van der Waals surface area contributed by atoms with Gasteiger partial charge in [0.25, 0.3) is 0 Å². The molecule has 0 amide bonds. The SMILES string of the molecule is CCOCCCN=C(N)NCCCCN1CCN(CC)CC1. The van der Waals surface area contributed by atoms with Crippen LogP contribution in [0.4, 0.5) is 0 Å². The summed E-state index contributed by atoms with van der Waals surface area (Å²) >= 11 is 0. The Balaban J connectivity index is 1.93. The minimum Gasteiger partial charge on any atom is -0.382 e. The number of hydrogen-bond donors (Lipinski definition) is 2. The lowest BCUT2D eigenvalue weighted by Gasteiger charge is -2.33. The van der Waals surface area contributed by atoms with Crippen molar-refractivity contribution >= 4 is 5.96 Å². The second-order valence-corrected chi connectivity index (χ2v) is 5.73. The fourth-order valence-corrected chi connectivity index (χ4v) is 2.57. The number of hydrogen-bond acceptors (Lipinski definition) is 4. The minimum absolute atomic E-state index is 0.563. The van der Waals surface area contributed by atoms with Crippen LogP contribution in [-0.2, 0) is 4.74 Å². The van der Waals surface area contributed by atoms with E-state index in [0.29, 0.717) is 5.96 Å². The summed E-state index contributed by atoms with van der Waals surface area (Å²) in [6.45, 7) is 14.7. The predicted octanol–water partition coefficient (Wildman–Crippen LogP) is 0.735. The molecule has 3 N–H and O–H groups in total. The Morgan fingerprint density at radius 2 is 1.82 bits per heavy atom. The number of nitrogens with two attached hydrogens (primary N) is 1. The molecule has 22 heavy (non-hydrogen) atoms. The Kier molecular flexibility index (Phi) is 11.1. The average molecular weight is 313 g/mol. The highest BCUT2D eigenvalue weighted by Crippen LogP contribution is 2.02. The average Bonchev–Trinajstić information content (AvgIpc) is 2.55. The Morgan fingerprint density at radius 3 is 2.50 bits per heavy atom. The van der Waals surface area contributed by atoms with E-state index >= 15 is 0 Å². The van der Waals surface area contributed by atoms with Crippen LogP contribution in [0.5, 0.6) is 0 Å². The third-order valence-corrected chi connectivity index (χ3v) is 4.05. The van der Waals surface area contributed by atoms with Gasteiger partial charge in [-0.3, -0.25) is 4.99 Å². The fourth-order valence-electron chi connectivity index (χ4n) is 2.57. The van der Waals surface area contributed by atoms with Crippen molar-refractivity contribution in [2.45, 2.75) is 33.1 Å². The third-order valence-electron chi connectivity index (χ3n) is 4.05. The van der Waals surface area contributed by atoms with Gasteiger partial charge in [-0.15, -0.1) is 0 Å². The van der Waals surface area contributed by atoms with Crippen LogP contribution in [0.1, 0.15) is 33.1 Å². The molecule has 130 valence electrons. The third kappa shape index (κ3) is 9.23. The van der Waals surface area contributed by atoms with Crippen molar-refractivity contribution in [1.82, 2.24) is 15.1 Å². The summed E-state index contributed by atoms with van der Waals surface area (Å²) in [5.74, 6) is 0.563. The van der Waals surface area contributed by atoms with Gasteiger partial charge in [-0.25, -0.2) is 0 Å². The van der Waals surface area contributed by atoms with Gasteiger partial charge in [-0.1, -0.05) is 6.92 Å². The molecule has 1 aliphatic rings. The number of unbranched alkanes of at least 4 members (excludes halogenated alkanes) is 1. The molecule has 1 fully saturated rings. The summed E-state index contributed by atoms with van der Waals surface area (Å²) < 4.78 is 5.26. The summed E-state index contributed by atoms with van der Waals surface area (Å²) in [4.78, 5) is 9.37. The molecule has 0 spiro atoms. The van der Waals surface area contributed by atoms with Crippen molar-refractivity contribution in [3.63, 3.8) is 0 Å². The van der Waals surface area contributed by atoms with Crippen molar-refractivity contribution in [2.75, 3.05) is 65.6 Å². The van der Waals surface area contributed by atoms with Crippen molar-refractivity contribution in [2.24, 2.45) is 10.7 Å². The first kappa shape index (κ1) is 19.2. The molecule has 6 nitrogen and oxygen atoms in total. The Labute approximate surface area is 136 Å². The van der Waals surface area contributed by atoms with E-state index in [2.05, 4.69) is 27.0 Å². The molecular formula is C16H35N5O. The monoisotopic (exact) mass is 313 g/mol. The van der Waals surface area contributed by atoms with Gasteiger partial charge in [-0.05, 0) is 39.3 Å². The molecule has 1 saturated heterocycles. The molecule has 0 aromatic heterocycles. The second kappa shape index (κ2) is 12.7. The zero-order valence-corrected chi connectivity index (χ0v) is 14.5. The van der Waals surface area contributed by atoms with Crippen LogP contribution < -0.4 is 11.1 Å². The molecule has 0 aromatic rings. The summed E-state index contributed by atoms with van der Waals surface area (Å²) in [6, 6.07) is 0. The van der Waals surface area contributed by atoms with Gasteiger partial charge in [0, 0.05) is 52.5 Å². The van der Waals surface area contributed by atoms with Crippen molar-refractivity contribution in [3.05, 3.63) is 0 Å². The Hall–Kier alpha value is -0.850. The summed E-state index contributed by atoms with van der Waals surface area (Å²) in [7, 11) is 0. The van der Waals surface area contributed by atoms with Gasteiger partial charge in [0.1, 0.15) is 0 Å². The van der Waals surface area contributed by atoms with Crippen LogP contribution >= 0.6 is 0 Å². The van der Waals surface area contributed by atoms with Gasteiger partial charge in [0.15, 0.2) is 5.96 Å². The molecule has 0 aromatic carbocycles. The van der Waals surface area contributed by atoms with E-state index in [0.717, 1.165) is 39.1 Å². The van der Waals surface area contributed by atoms with Crippen LogP contribution in [0.25, 0.3) is 0 Å². The highest BCUT2D eigenvalue weighted by molar-refractivity contribution is 5.77. The van der Waals surface area contributed by atoms with Gasteiger partial charge >= 0.3 is 0 Å². The van der Waals surface area contributed by atoms with Crippen LogP contribution in [0, 0.1) is 0 Å². The van der Waals surface area contributed by atoms with Gasteiger partial charge in [0.2, 0.25) is 0 Å². The van der Waals surface area contributed by atoms with Crippen LogP contribution in [-0.4, -0.2) is 81.3 Å². The van der Waals surface area contributed by atoms with Crippen LogP contribution in [0.15, 0.2) is 4.99 Å². The molecular weight excluding hydrogens is 278 g/mol. The molecule has 0 aliphatic carbocycles. The number of piperazine rings is 1. The Bertz CT molecular complexity index is 290. The number of rotatable bonds is 11. The number of nitrogens with zero attached hydrogens (tertiary/aromatic N) is 3. The topological polar surface area (TPSA) is 66.1 Å². The van der Waals surface area contributed by atoms with E-state index in [1.54, 1.807) is 0 Å². The number of ether oxygens (including phenoxy) is 1. The Morgan fingerprint density at radius 1 is 1.09 bits per heavy atom. The normalized spacial score (nSPS) is 17.8. The maximum atomic E-state index is 5.83. The first-order chi connectivity index (χ1) is 10.8. The minimum atomic E-state index is 0.563. The maximum Gasteiger partial charge on any atom is 0.188 e. The van der Waals surface area contributed by atoms with Crippen molar-refractivity contribution in [3.8, 4) is 0 Å². The predicted molar refractivity (Wildman–Crippen MR) is 93.4 cm³/mol. The quantitative estimate of drug-likeness (QED) is 0.334. The maximum absolute atomic E-state index is 5.83. The van der Waals surface area contributed by atoms with Crippen LogP contribution in [0.2, 0.25) is 0 Å². The van der Waals surface area contributed by atoms with Crippen molar-refractivity contribution in [1.29, 1.82) is 0 Å². The van der Waals surface area contributed by atoms with E-state index in [9.17, 15) is 0 Å². The lowest BCUT2D eigenvalue weighted by molar-refractivity contribution is 0.136. The molecule has 0 radical (unpaired) electrons.